The monoisotopic (exact) mass is 316 g/mol. The fraction of sp³-hybridized carbons (Fsp3) is 0.579. The minimum Gasteiger partial charge on any atom is -0.387 e. The third-order valence-electron chi connectivity index (χ3n) is 4.64. The van der Waals surface area contributed by atoms with Gasteiger partial charge in [0.25, 0.3) is 5.91 Å². The Morgan fingerprint density at radius 3 is 2.65 bits per heavy atom. The average Bonchev–Trinajstić information content (AvgIpc) is 2.58. The number of Topliss-reactive ketones (excluding diaryl/α,β-unsaturated/α-hetero) is 1. The Morgan fingerprint density at radius 1 is 1.13 bits per heavy atom. The molecule has 0 atom stereocenters. The summed E-state index contributed by atoms with van der Waals surface area (Å²) >= 11 is 0. The minimum atomic E-state index is -0.474. The summed E-state index contributed by atoms with van der Waals surface area (Å²) < 4.78 is 0. The van der Waals surface area contributed by atoms with Gasteiger partial charge in [0, 0.05) is 24.9 Å². The van der Waals surface area contributed by atoms with E-state index in [2.05, 4.69) is 23.6 Å². The van der Waals surface area contributed by atoms with Gasteiger partial charge in [-0.3, -0.25) is 9.59 Å². The van der Waals surface area contributed by atoms with Crippen molar-refractivity contribution in [3.63, 3.8) is 0 Å². The molecule has 0 saturated heterocycles. The summed E-state index contributed by atoms with van der Waals surface area (Å²) in [5, 5.41) is 5.90. The summed E-state index contributed by atoms with van der Waals surface area (Å²) in [7, 11) is 0. The smallest absolute Gasteiger partial charge is 0.292 e. The SMILES string of the molecule is CC1CCC(CNC(=O)C(=O)/C2=C/NC/C=C\C/C=C\C2)CC1. The molecule has 1 fully saturated rings. The molecule has 1 saturated carbocycles. The number of hydrogen-bond donors (Lipinski definition) is 2. The van der Waals surface area contributed by atoms with E-state index in [1.807, 2.05) is 18.2 Å². The molecule has 1 heterocycles. The van der Waals surface area contributed by atoms with E-state index in [1.165, 1.54) is 12.8 Å². The van der Waals surface area contributed by atoms with E-state index < -0.39 is 11.7 Å². The van der Waals surface area contributed by atoms with Crippen LogP contribution in [0.2, 0.25) is 0 Å². The van der Waals surface area contributed by atoms with Gasteiger partial charge < -0.3 is 10.6 Å². The Hall–Kier alpha value is -1.84. The van der Waals surface area contributed by atoms with Crippen LogP contribution in [0.1, 0.15) is 45.4 Å². The molecule has 0 aromatic carbocycles. The van der Waals surface area contributed by atoms with E-state index >= 15 is 0 Å². The van der Waals surface area contributed by atoms with Gasteiger partial charge in [0.05, 0.1) is 0 Å². The first kappa shape index (κ1) is 17.5. The zero-order valence-corrected chi connectivity index (χ0v) is 14.0. The summed E-state index contributed by atoms with van der Waals surface area (Å²) in [6.07, 6.45) is 15.8. The maximum Gasteiger partial charge on any atom is 0.292 e. The highest BCUT2D eigenvalue weighted by Crippen LogP contribution is 2.27. The van der Waals surface area contributed by atoms with Crippen molar-refractivity contribution in [1.29, 1.82) is 0 Å². The largest absolute Gasteiger partial charge is 0.387 e. The number of rotatable bonds is 4. The van der Waals surface area contributed by atoms with Crippen LogP contribution < -0.4 is 10.6 Å². The van der Waals surface area contributed by atoms with Gasteiger partial charge in [-0.1, -0.05) is 44.1 Å². The maximum absolute atomic E-state index is 12.3. The second kappa shape index (κ2) is 9.33. The number of nitrogens with one attached hydrogen (secondary N) is 2. The van der Waals surface area contributed by atoms with Crippen LogP contribution in [0.4, 0.5) is 0 Å². The van der Waals surface area contributed by atoms with Crippen molar-refractivity contribution in [2.45, 2.75) is 45.4 Å². The van der Waals surface area contributed by atoms with Crippen LogP contribution in [0.3, 0.4) is 0 Å². The standard InChI is InChI=1S/C19H28N2O2/c1-15-8-10-16(11-9-15)13-21-19(23)18(22)17-7-5-3-2-4-6-12-20-14-17/h3-6,14-16,20H,2,7-13H2,1H3,(H,21,23)/b5-3-,6-4-,17-14+. The Bertz CT molecular complexity index is 497. The molecule has 0 bridgehead atoms. The zero-order valence-electron chi connectivity index (χ0n) is 14.0. The van der Waals surface area contributed by atoms with E-state index in [0.29, 0.717) is 31.0 Å². The predicted molar refractivity (Wildman–Crippen MR) is 92.7 cm³/mol. The third-order valence-corrected chi connectivity index (χ3v) is 4.64. The quantitative estimate of drug-likeness (QED) is 0.619. The van der Waals surface area contributed by atoms with Crippen LogP contribution in [-0.4, -0.2) is 24.8 Å². The molecule has 0 spiro atoms. The highest BCUT2D eigenvalue weighted by atomic mass is 16.2. The third kappa shape index (κ3) is 6.05. The van der Waals surface area contributed by atoms with Gasteiger partial charge >= 0.3 is 0 Å². The van der Waals surface area contributed by atoms with Crippen molar-refractivity contribution in [1.82, 2.24) is 10.6 Å². The summed E-state index contributed by atoms with van der Waals surface area (Å²) in [6.45, 7) is 3.57. The van der Waals surface area contributed by atoms with E-state index in [0.717, 1.165) is 25.2 Å². The molecule has 23 heavy (non-hydrogen) atoms. The number of carbonyl (C=O) groups is 2. The summed E-state index contributed by atoms with van der Waals surface area (Å²) in [6, 6.07) is 0. The van der Waals surface area contributed by atoms with Gasteiger partial charge in [-0.2, -0.15) is 0 Å². The average molecular weight is 316 g/mol. The second-order valence-electron chi connectivity index (χ2n) is 6.63. The fourth-order valence-corrected chi connectivity index (χ4v) is 3.03. The first-order chi connectivity index (χ1) is 11.2. The lowest BCUT2D eigenvalue weighted by atomic mass is 9.83. The number of hydrogen-bond acceptors (Lipinski definition) is 3. The molecule has 2 N–H and O–H groups in total. The molecule has 1 aliphatic carbocycles. The summed E-state index contributed by atoms with van der Waals surface area (Å²) in [5.74, 6) is 0.418. The Morgan fingerprint density at radius 2 is 1.87 bits per heavy atom. The molecule has 4 heteroatoms. The Kier molecular flexibility index (Phi) is 7.11. The van der Waals surface area contributed by atoms with E-state index in [9.17, 15) is 9.59 Å². The molecule has 0 unspecified atom stereocenters. The van der Waals surface area contributed by atoms with Crippen molar-refractivity contribution >= 4 is 11.7 Å². The minimum absolute atomic E-state index is 0.420. The lowest BCUT2D eigenvalue weighted by Crippen LogP contribution is -2.36. The first-order valence-electron chi connectivity index (χ1n) is 8.71. The second-order valence-corrected chi connectivity index (χ2v) is 6.63. The molecule has 0 aromatic heterocycles. The zero-order chi connectivity index (χ0) is 16.5. The Balaban J connectivity index is 1.83. The molecule has 4 nitrogen and oxygen atoms in total. The first-order valence-corrected chi connectivity index (χ1v) is 8.71. The van der Waals surface area contributed by atoms with Crippen molar-refractivity contribution in [3.8, 4) is 0 Å². The molecular formula is C19H28N2O2. The lowest BCUT2D eigenvalue weighted by Gasteiger charge is -2.26. The Labute approximate surface area is 139 Å². The molecule has 0 radical (unpaired) electrons. The highest BCUT2D eigenvalue weighted by Gasteiger charge is 2.22. The normalized spacial score (nSPS) is 30.2. The molecule has 2 rings (SSSR count). The van der Waals surface area contributed by atoms with E-state index in [1.54, 1.807) is 6.20 Å². The molecule has 2 aliphatic rings. The molecule has 1 aliphatic heterocycles. The summed E-state index contributed by atoms with van der Waals surface area (Å²) in [4.78, 5) is 24.4. The molecule has 0 aromatic rings. The van der Waals surface area contributed by atoms with Crippen LogP contribution in [0.15, 0.2) is 36.1 Å². The van der Waals surface area contributed by atoms with Gasteiger partial charge in [-0.05, 0) is 37.5 Å². The number of ketones is 1. The van der Waals surface area contributed by atoms with Crippen LogP contribution in [0, 0.1) is 11.8 Å². The van der Waals surface area contributed by atoms with Crippen LogP contribution in [-0.2, 0) is 9.59 Å². The maximum atomic E-state index is 12.3. The molecule has 1 amide bonds. The van der Waals surface area contributed by atoms with Gasteiger partial charge in [0.1, 0.15) is 0 Å². The van der Waals surface area contributed by atoms with Crippen molar-refractivity contribution in [2.24, 2.45) is 11.8 Å². The molecule has 126 valence electrons. The predicted octanol–water partition coefficient (Wildman–Crippen LogP) is 2.88. The molecular weight excluding hydrogens is 288 g/mol. The lowest BCUT2D eigenvalue weighted by molar-refractivity contribution is -0.135. The number of amides is 1. The van der Waals surface area contributed by atoms with Gasteiger partial charge in [-0.25, -0.2) is 0 Å². The van der Waals surface area contributed by atoms with Crippen LogP contribution in [0.25, 0.3) is 0 Å². The van der Waals surface area contributed by atoms with Crippen molar-refractivity contribution in [3.05, 3.63) is 36.1 Å². The fourth-order valence-electron chi connectivity index (χ4n) is 3.03. The van der Waals surface area contributed by atoms with Crippen LogP contribution >= 0.6 is 0 Å². The van der Waals surface area contributed by atoms with Crippen LogP contribution in [0.5, 0.6) is 0 Å². The van der Waals surface area contributed by atoms with Crippen molar-refractivity contribution < 1.29 is 9.59 Å². The number of allylic oxidation sites excluding steroid dienone is 3. The van der Waals surface area contributed by atoms with E-state index in [4.69, 9.17) is 0 Å². The topological polar surface area (TPSA) is 58.2 Å². The van der Waals surface area contributed by atoms with E-state index in [-0.39, 0.29) is 0 Å². The van der Waals surface area contributed by atoms with Crippen molar-refractivity contribution in [2.75, 3.05) is 13.1 Å². The highest BCUT2D eigenvalue weighted by molar-refractivity contribution is 6.42. The summed E-state index contributed by atoms with van der Waals surface area (Å²) in [5.41, 5.74) is 0.520. The van der Waals surface area contributed by atoms with Gasteiger partial charge in [0.2, 0.25) is 5.78 Å². The van der Waals surface area contributed by atoms with Gasteiger partial charge in [-0.15, -0.1) is 0 Å². The number of carbonyl (C=O) groups excluding carboxylic acids is 2. The van der Waals surface area contributed by atoms with Gasteiger partial charge in [0.15, 0.2) is 0 Å².